The highest BCUT2D eigenvalue weighted by Crippen LogP contribution is 2.19. The third-order valence-electron chi connectivity index (χ3n) is 2.46. The van der Waals surface area contributed by atoms with Crippen LogP contribution in [0.5, 0.6) is 0 Å². The predicted octanol–water partition coefficient (Wildman–Crippen LogP) is 0.0508. The average molecular weight is 265 g/mol. The Hall–Kier alpha value is -2.44. The quantitative estimate of drug-likeness (QED) is 0.445. The molecule has 1 aromatic carbocycles. The summed E-state index contributed by atoms with van der Waals surface area (Å²) in [6.45, 7) is 0.934. The summed E-state index contributed by atoms with van der Waals surface area (Å²) in [4.78, 5) is 23.8. The van der Waals surface area contributed by atoms with E-state index in [1.165, 1.54) is 4.90 Å². The molecule has 0 unspecified atom stereocenters. The molecular weight excluding hydrogens is 246 g/mol. The second-order valence-electron chi connectivity index (χ2n) is 4.22. The number of carbonyl (C=O) groups is 2. The standard InChI is InChI=1S/C12H19N5O2/c1-17(2)12(19)16-6-5-15-10-7-8(11(14)18)3-4-9(10)13/h3-4,7,15H,5-6,13H2,1-2H3,(H2,14,18)(H,16,19). The molecule has 0 spiro atoms. The maximum Gasteiger partial charge on any atom is 0.316 e. The van der Waals surface area contributed by atoms with Gasteiger partial charge in [-0.15, -0.1) is 0 Å². The first kappa shape index (κ1) is 14.6. The number of benzene rings is 1. The molecule has 7 heteroatoms. The Labute approximate surface area is 111 Å². The Balaban J connectivity index is 2.51. The van der Waals surface area contributed by atoms with E-state index < -0.39 is 5.91 Å². The first-order chi connectivity index (χ1) is 8.91. The Bertz CT molecular complexity index is 473. The van der Waals surface area contributed by atoms with Gasteiger partial charge < -0.3 is 27.0 Å². The van der Waals surface area contributed by atoms with Gasteiger partial charge in [0.15, 0.2) is 0 Å². The molecule has 0 atom stereocenters. The van der Waals surface area contributed by atoms with E-state index in [1.54, 1.807) is 32.3 Å². The van der Waals surface area contributed by atoms with Crippen LogP contribution in [0.4, 0.5) is 16.2 Å². The molecule has 0 saturated heterocycles. The highest BCUT2D eigenvalue weighted by atomic mass is 16.2. The van der Waals surface area contributed by atoms with Crippen molar-refractivity contribution in [2.45, 2.75) is 0 Å². The lowest BCUT2D eigenvalue weighted by atomic mass is 10.1. The number of anilines is 2. The summed E-state index contributed by atoms with van der Waals surface area (Å²) in [5.74, 6) is -0.510. The summed E-state index contributed by atoms with van der Waals surface area (Å²) in [6.07, 6.45) is 0. The van der Waals surface area contributed by atoms with Crippen LogP contribution in [0.15, 0.2) is 18.2 Å². The van der Waals surface area contributed by atoms with E-state index in [0.29, 0.717) is 30.0 Å². The number of rotatable bonds is 5. The molecule has 104 valence electrons. The summed E-state index contributed by atoms with van der Waals surface area (Å²) >= 11 is 0. The van der Waals surface area contributed by atoms with Gasteiger partial charge in [-0.25, -0.2) is 4.79 Å². The number of nitrogens with zero attached hydrogens (tertiary/aromatic N) is 1. The van der Waals surface area contributed by atoms with Crippen molar-refractivity contribution in [2.75, 3.05) is 38.2 Å². The molecule has 0 aliphatic rings. The van der Waals surface area contributed by atoms with Crippen molar-refractivity contribution >= 4 is 23.3 Å². The Kier molecular flexibility index (Phi) is 4.99. The fourth-order valence-electron chi connectivity index (χ4n) is 1.39. The Morgan fingerprint density at radius 1 is 1.26 bits per heavy atom. The first-order valence-corrected chi connectivity index (χ1v) is 5.80. The van der Waals surface area contributed by atoms with Crippen LogP contribution in [0, 0.1) is 0 Å². The molecule has 0 fully saturated rings. The van der Waals surface area contributed by atoms with Gasteiger partial charge in [0.05, 0.1) is 11.4 Å². The number of primary amides is 1. The summed E-state index contributed by atoms with van der Waals surface area (Å²) in [5, 5.41) is 5.74. The summed E-state index contributed by atoms with van der Waals surface area (Å²) < 4.78 is 0. The fraction of sp³-hybridized carbons (Fsp3) is 0.333. The monoisotopic (exact) mass is 265 g/mol. The number of nitrogen functional groups attached to an aromatic ring is 1. The molecule has 6 N–H and O–H groups in total. The van der Waals surface area contributed by atoms with Crippen LogP contribution < -0.4 is 22.1 Å². The van der Waals surface area contributed by atoms with Gasteiger partial charge in [-0.2, -0.15) is 0 Å². The Morgan fingerprint density at radius 2 is 1.95 bits per heavy atom. The summed E-state index contributed by atoms with van der Waals surface area (Å²) in [6, 6.07) is 4.60. The third kappa shape index (κ3) is 4.38. The molecule has 0 radical (unpaired) electrons. The van der Waals surface area contributed by atoms with E-state index in [9.17, 15) is 9.59 Å². The summed E-state index contributed by atoms with van der Waals surface area (Å²) in [5.41, 5.74) is 12.5. The molecule has 1 aromatic rings. The average Bonchev–Trinajstić information content (AvgIpc) is 2.35. The minimum absolute atomic E-state index is 0.166. The van der Waals surface area contributed by atoms with Crippen molar-refractivity contribution in [3.63, 3.8) is 0 Å². The van der Waals surface area contributed by atoms with Gasteiger partial charge in [0.2, 0.25) is 5.91 Å². The zero-order valence-electron chi connectivity index (χ0n) is 11.1. The second-order valence-corrected chi connectivity index (χ2v) is 4.22. The van der Waals surface area contributed by atoms with Gasteiger partial charge in [-0.1, -0.05) is 0 Å². The molecular formula is C12H19N5O2. The van der Waals surface area contributed by atoms with Crippen molar-refractivity contribution in [2.24, 2.45) is 5.73 Å². The zero-order chi connectivity index (χ0) is 14.4. The van der Waals surface area contributed by atoms with E-state index in [-0.39, 0.29) is 6.03 Å². The second kappa shape index (κ2) is 6.48. The van der Waals surface area contributed by atoms with E-state index in [4.69, 9.17) is 11.5 Å². The third-order valence-corrected chi connectivity index (χ3v) is 2.46. The van der Waals surface area contributed by atoms with E-state index in [1.807, 2.05) is 0 Å². The SMILES string of the molecule is CN(C)C(=O)NCCNc1cc(C(N)=O)ccc1N. The van der Waals surface area contributed by atoms with E-state index >= 15 is 0 Å². The highest BCUT2D eigenvalue weighted by molar-refractivity contribution is 5.94. The molecule has 7 nitrogen and oxygen atoms in total. The number of hydrogen-bond acceptors (Lipinski definition) is 4. The number of nitrogens with two attached hydrogens (primary N) is 2. The van der Waals surface area contributed by atoms with Crippen LogP contribution in [0.1, 0.15) is 10.4 Å². The molecule has 0 saturated carbocycles. The summed E-state index contributed by atoms with van der Waals surface area (Å²) in [7, 11) is 3.33. The van der Waals surface area contributed by atoms with Crippen molar-refractivity contribution in [3.8, 4) is 0 Å². The molecule has 0 aliphatic heterocycles. The van der Waals surface area contributed by atoms with Gasteiger partial charge in [-0.3, -0.25) is 4.79 Å². The first-order valence-electron chi connectivity index (χ1n) is 5.80. The van der Waals surface area contributed by atoms with E-state index in [0.717, 1.165) is 0 Å². The van der Waals surface area contributed by atoms with E-state index in [2.05, 4.69) is 10.6 Å². The number of nitrogens with one attached hydrogen (secondary N) is 2. The van der Waals surface area contributed by atoms with Crippen molar-refractivity contribution in [1.82, 2.24) is 10.2 Å². The van der Waals surface area contributed by atoms with Crippen LogP contribution in [-0.2, 0) is 0 Å². The number of amides is 3. The normalized spacial score (nSPS) is 9.79. The zero-order valence-corrected chi connectivity index (χ0v) is 11.1. The topological polar surface area (TPSA) is 113 Å². The fourth-order valence-corrected chi connectivity index (χ4v) is 1.39. The van der Waals surface area contributed by atoms with Crippen LogP contribution in [0.2, 0.25) is 0 Å². The number of carbonyl (C=O) groups excluding carboxylic acids is 2. The van der Waals surface area contributed by atoms with Gasteiger partial charge in [-0.05, 0) is 18.2 Å². The van der Waals surface area contributed by atoms with Crippen LogP contribution >= 0.6 is 0 Å². The molecule has 1 rings (SSSR count). The molecule has 3 amide bonds. The van der Waals surface area contributed by atoms with Crippen LogP contribution in [0.3, 0.4) is 0 Å². The minimum atomic E-state index is -0.510. The van der Waals surface area contributed by atoms with Crippen LogP contribution in [-0.4, -0.2) is 44.0 Å². The van der Waals surface area contributed by atoms with Crippen molar-refractivity contribution in [3.05, 3.63) is 23.8 Å². The lowest BCUT2D eigenvalue weighted by Gasteiger charge is -2.13. The predicted molar refractivity (Wildman–Crippen MR) is 74.9 cm³/mol. The number of hydrogen-bond donors (Lipinski definition) is 4. The lowest BCUT2D eigenvalue weighted by molar-refractivity contribution is 0.100. The van der Waals surface area contributed by atoms with Gasteiger partial charge in [0.25, 0.3) is 0 Å². The molecule has 19 heavy (non-hydrogen) atoms. The maximum atomic E-state index is 11.3. The minimum Gasteiger partial charge on any atom is -0.397 e. The van der Waals surface area contributed by atoms with Crippen molar-refractivity contribution < 1.29 is 9.59 Å². The smallest absolute Gasteiger partial charge is 0.316 e. The number of urea groups is 1. The van der Waals surface area contributed by atoms with Gasteiger partial charge in [0, 0.05) is 32.7 Å². The lowest BCUT2D eigenvalue weighted by Crippen LogP contribution is -2.37. The highest BCUT2D eigenvalue weighted by Gasteiger charge is 2.05. The van der Waals surface area contributed by atoms with Gasteiger partial charge in [0.1, 0.15) is 0 Å². The molecule has 0 heterocycles. The molecule has 0 aromatic heterocycles. The molecule has 0 aliphatic carbocycles. The maximum absolute atomic E-state index is 11.3. The van der Waals surface area contributed by atoms with Crippen molar-refractivity contribution in [1.29, 1.82) is 0 Å². The van der Waals surface area contributed by atoms with Crippen LogP contribution in [0.25, 0.3) is 0 Å². The molecule has 0 bridgehead atoms. The van der Waals surface area contributed by atoms with Gasteiger partial charge >= 0.3 is 6.03 Å². The largest absolute Gasteiger partial charge is 0.397 e. The Morgan fingerprint density at radius 3 is 2.53 bits per heavy atom.